The Balaban J connectivity index is 1.08. The quantitative estimate of drug-likeness (QED) is 0.0264. The van der Waals surface area contributed by atoms with Gasteiger partial charge in [-0.15, -0.1) is 0 Å². The Hall–Kier alpha value is -2.05. The molecule has 0 aromatic carbocycles. The molecule has 2 unspecified atom stereocenters. The highest BCUT2D eigenvalue weighted by molar-refractivity contribution is 7.26. The third-order valence-electron chi connectivity index (χ3n) is 16.8. The number of allylic oxidation sites excluding steroid dienone is 4. The Labute approximate surface area is 426 Å². The normalized spacial score (nSPS) is 28.9. The van der Waals surface area contributed by atoms with E-state index in [-0.39, 0.29) is 82.9 Å². The van der Waals surface area contributed by atoms with E-state index in [4.69, 9.17) is 23.3 Å². The topological polar surface area (TPSA) is 155 Å². The monoisotopic (exact) mass is 1000 g/mol. The number of quaternary nitrogens is 1. The van der Waals surface area contributed by atoms with Gasteiger partial charge in [-0.25, -0.2) is 0 Å². The number of unbranched alkanes of at least 4 members (excludes halogenated alkanes) is 18. The molecule has 4 rings (SSSR count). The molecule has 402 valence electrons. The van der Waals surface area contributed by atoms with Crippen molar-refractivity contribution in [3.63, 3.8) is 0 Å². The molecule has 13 heteroatoms. The summed E-state index contributed by atoms with van der Waals surface area (Å²) in [4.78, 5) is 51.9. The molecule has 0 spiro atoms. The number of fused-ring (bicyclic) bond motifs is 5. The van der Waals surface area contributed by atoms with Crippen LogP contribution in [0.3, 0.4) is 0 Å². The van der Waals surface area contributed by atoms with Crippen molar-refractivity contribution in [2.45, 2.75) is 219 Å². The lowest BCUT2D eigenvalue weighted by atomic mass is 9.39. The SMILES string of the molecule is CCCCCCCCCCCCCCCCCOCC(COPOCC[N+](C)(C)C)OC(=O)CCCCCCCC(=O)OCC(=O)[C@]1(O)CC[C@@H]2[C@@]3(C)C[C@@H](C)C4=CC(=O)C=C[C@@]4(C)[C@@H]3[C@H](O)C[C@]21C. The molecule has 0 aromatic heterocycles. The fourth-order valence-corrected chi connectivity index (χ4v) is 13.7. The van der Waals surface area contributed by atoms with Crippen molar-refractivity contribution >= 4 is 32.5 Å². The van der Waals surface area contributed by atoms with E-state index in [1.54, 1.807) is 12.2 Å². The smallest absolute Gasteiger partial charge is 0.306 e. The van der Waals surface area contributed by atoms with E-state index in [0.717, 1.165) is 55.1 Å². The number of aliphatic hydroxyl groups excluding tert-OH is 1. The van der Waals surface area contributed by atoms with Crippen LogP contribution in [0.2, 0.25) is 0 Å². The van der Waals surface area contributed by atoms with Gasteiger partial charge in [0.15, 0.2) is 21.4 Å². The van der Waals surface area contributed by atoms with Gasteiger partial charge in [0.25, 0.3) is 0 Å². The molecule has 0 heterocycles. The van der Waals surface area contributed by atoms with E-state index < -0.39 is 47.0 Å². The molecule has 0 saturated heterocycles. The number of rotatable bonds is 37. The van der Waals surface area contributed by atoms with Gasteiger partial charge in [-0.2, -0.15) is 0 Å². The standard InChI is InChI=1S/C57H99NO11P/c1-9-10-11-12-13-14-15-16-17-18-19-20-21-25-28-36-65-41-46(42-68-70-67-37-35-58(6,7)8)69-52(63)30-27-24-22-23-26-29-51(62)66-43-50(61)57(64)34-32-49-55(4)39-44(2)47-38-45(59)31-33-54(47,3)53(55)48(60)40-56(49,57)5/h31,33,38,44,46,48-49,53,60,64,70H,9-30,32,34-37,39-43H2,1-8H3/q+1/t44-,46?,48-,49-,53+,54-,55-,56-,57-/m1/s1. The molecule has 4 aliphatic carbocycles. The fraction of sp³-hybridized carbons (Fsp3) is 0.860. The summed E-state index contributed by atoms with van der Waals surface area (Å²) in [6.07, 6.45) is 29.8. The van der Waals surface area contributed by atoms with Crippen LogP contribution in [-0.2, 0) is 42.4 Å². The number of esters is 2. The van der Waals surface area contributed by atoms with Crippen molar-refractivity contribution in [3.8, 4) is 0 Å². The van der Waals surface area contributed by atoms with Crippen molar-refractivity contribution in [2.75, 3.05) is 60.7 Å². The van der Waals surface area contributed by atoms with Crippen LogP contribution in [0, 0.1) is 34.0 Å². The fourth-order valence-electron chi connectivity index (χ4n) is 13.2. The molecule has 3 saturated carbocycles. The maximum absolute atomic E-state index is 13.8. The molecule has 0 bridgehead atoms. The van der Waals surface area contributed by atoms with Crippen LogP contribution in [0.1, 0.15) is 202 Å². The molecule has 70 heavy (non-hydrogen) atoms. The number of nitrogens with zero attached hydrogens (tertiary/aromatic N) is 1. The summed E-state index contributed by atoms with van der Waals surface area (Å²) in [6.45, 7) is 12.8. The van der Waals surface area contributed by atoms with Crippen LogP contribution in [0.5, 0.6) is 0 Å². The second-order valence-corrected chi connectivity index (χ2v) is 24.3. The predicted molar refractivity (Wildman–Crippen MR) is 279 cm³/mol. The lowest BCUT2D eigenvalue weighted by Gasteiger charge is -2.66. The van der Waals surface area contributed by atoms with Crippen molar-refractivity contribution in [1.29, 1.82) is 0 Å². The molecule has 12 nitrogen and oxygen atoms in total. The number of hydrogen-bond donors (Lipinski definition) is 2. The van der Waals surface area contributed by atoms with E-state index >= 15 is 0 Å². The Morgan fingerprint density at radius 3 is 1.94 bits per heavy atom. The van der Waals surface area contributed by atoms with Crippen LogP contribution >= 0.6 is 9.03 Å². The van der Waals surface area contributed by atoms with Gasteiger partial charge in [0.05, 0.1) is 40.5 Å². The molecular weight excluding hydrogens is 906 g/mol. The van der Waals surface area contributed by atoms with E-state index in [9.17, 15) is 29.4 Å². The van der Waals surface area contributed by atoms with Crippen molar-refractivity contribution in [1.82, 2.24) is 0 Å². The Morgan fingerprint density at radius 2 is 1.34 bits per heavy atom. The van der Waals surface area contributed by atoms with Crippen molar-refractivity contribution in [2.24, 2.45) is 34.0 Å². The van der Waals surface area contributed by atoms with Gasteiger partial charge in [-0.1, -0.05) is 155 Å². The minimum Gasteiger partial charge on any atom is -0.458 e. The maximum Gasteiger partial charge on any atom is 0.306 e. The second-order valence-electron chi connectivity index (χ2n) is 23.6. The van der Waals surface area contributed by atoms with Crippen LogP contribution in [-0.4, -0.2) is 117 Å². The Morgan fingerprint density at radius 1 is 0.771 bits per heavy atom. The van der Waals surface area contributed by atoms with Crippen LogP contribution in [0.15, 0.2) is 23.8 Å². The number of aliphatic hydroxyl groups is 2. The molecule has 2 N–H and O–H groups in total. The summed E-state index contributed by atoms with van der Waals surface area (Å²) in [7, 11) is 6.21. The third-order valence-corrected chi connectivity index (χ3v) is 17.4. The summed E-state index contributed by atoms with van der Waals surface area (Å²) in [5, 5.41) is 24.1. The molecular formula is C57H99NO11P+. The zero-order chi connectivity index (χ0) is 51.3. The number of hydrogen-bond acceptors (Lipinski definition) is 11. The zero-order valence-electron chi connectivity index (χ0n) is 45.3. The average molecular weight is 1010 g/mol. The number of likely N-dealkylation sites (N-methyl/N-ethyl adjacent to an activating group) is 1. The first kappa shape index (κ1) is 60.5. The third kappa shape index (κ3) is 17.8. The number of carbonyl (C=O) groups excluding carboxylic acids is 4. The van der Waals surface area contributed by atoms with Crippen molar-refractivity contribution < 1.29 is 57.1 Å². The summed E-state index contributed by atoms with van der Waals surface area (Å²) < 4.78 is 29.5. The Bertz CT molecular complexity index is 1680. The highest BCUT2D eigenvalue weighted by Gasteiger charge is 2.72. The lowest BCUT2D eigenvalue weighted by Crippen LogP contribution is -2.66. The molecule has 0 aliphatic heterocycles. The second kappa shape index (κ2) is 29.7. The molecule has 0 radical (unpaired) electrons. The van der Waals surface area contributed by atoms with E-state index in [1.807, 2.05) is 13.0 Å². The number of Topliss-reactive ketones (excluding diaryl/α,β-unsaturated/α-hetero) is 1. The predicted octanol–water partition coefficient (Wildman–Crippen LogP) is 11.5. The minimum atomic E-state index is -1.72. The van der Waals surface area contributed by atoms with E-state index in [2.05, 4.69) is 48.8 Å². The lowest BCUT2D eigenvalue weighted by molar-refractivity contribution is -0.870. The molecule has 10 atom stereocenters. The van der Waals surface area contributed by atoms with E-state index in [1.165, 1.54) is 83.5 Å². The Kier molecular flexibility index (Phi) is 25.7. The minimum absolute atomic E-state index is 0.0236. The van der Waals surface area contributed by atoms with Crippen LogP contribution in [0.25, 0.3) is 0 Å². The summed E-state index contributed by atoms with van der Waals surface area (Å²) >= 11 is 0. The van der Waals surface area contributed by atoms with Crippen molar-refractivity contribution in [3.05, 3.63) is 23.8 Å². The number of carbonyl (C=O) groups is 4. The number of ether oxygens (including phenoxy) is 3. The maximum atomic E-state index is 13.8. The van der Waals surface area contributed by atoms with Gasteiger partial charge < -0.3 is 38.0 Å². The van der Waals surface area contributed by atoms with Crippen LogP contribution in [0.4, 0.5) is 0 Å². The summed E-state index contributed by atoms with van der Waals surface area (Å²) in [6, 6.07) is 0. The van der Waals surface area contributed by atoms with E-state index in [0.29, 0.717) is 32.5 Å². The number of ketones is 2. The summed E-state index contributed by atoms with van der Waals surface area (Å²) in [5.74, 6) is -1.37. The van der Waals surface area contributed by atoms with Gasteiger partial charge in [-0.3, -0.25) is 19.2 Å². The molecule has 3 fully saturated rings. The first-order chi connectivity index (χ1) is 33.3. The molecule has 4 aliphatic rings. The van der Waals surface area contributed by atoms with Gasteiger partial charge in [0.1, 0.15) is 24.9 Å². The first-order valence-electron chi connectivity index (χ1n) is 27.9. The zero-order valence-corrected chi connectivity index (χ0v) is 46.3. The first-order valence-corrected chi connectivity index (χ1v) is 28.7. The highest BCUT2D eigenvalue weighted by atomic mass is 31.1. The van der Waals surface area contributed by atoms with Gasteiger partial charge >= 0.3 is 11.9 Å². The average Bonchev–Trinajstić information content (AvgIpc) is 3.57. The van der Waals surface area contributed by atoms with Gasteiger partial charge in [-0.05, 0) is 74.3 Å². The van der Waals surface area contributed by atoms with Gasteiger partial charge in [0.2, 0.25) is 5.78 Å². The molecule has 0 aromatic rings. The van der Waals surface area contributed by atoms with Crippen LogP contribution < -0.4 is 0 Å². The molecule has 0 amide bonds. The van der Waals surface area contributed by atoms with Gasteiger partial charge in [0, 0.05) is 36.2 Å². The highest BCUT2D eigenvalue weighted by Crippen LogP contribution is 2.72. The largest absolute Gasteiger partial charge is 0.458 e. The summed E-state index contributed by atoms with van der Waals surface area (Å²) in [5.41, 5.74) is -2.44.